The predicted molar refractivity (Wildman–Crippen MR) is 175 cm³/mol. The molecule has 0 unspecified atom stereocenters. The minimum absolute atomic E-state index is 0.0460. The van der Waals surface area contributed by atoms with E-state index >= 15 is 0 Å². The van der Waals surface area contributed by atoms with E-state index in [1.807, 2.05) is 12.1 Å². The number of hydrogen-bond acceptors (Lipinski definition) is 16. The molecule has 1 aromatic carbocycles. The Kier molecular flexibility index (Phi) is 11.7. The van der Waals surface area contributed by atoms with Crippen molar-refractivity contribution in [2.24, 2.45) is 5.41 Å². The van der Waals surface area contributed by atoms with Crippen LogP contribution in [0.25, 0.3) is 6.08 Å². The van der Waals surface area contributed by atoms with Gasteiger partial charge in [0.1, 0.15) is 66.6 Å². The molecule has 5 aliphatic rings. The first kappa shape index (κ1) is 38.6. The Bertz CT molecular complexity index is 1480. The summed E-state index contributed by atoms with van der Waals surface area (Å²) in [7, 11) is 0. The smallest absolute Gasteiger partial charge is 0.327 e. The highest BCUT2D eigenvalue weighted by molar-refractivity contribution is 5.93. The highest BCUT2D eigenvalue weighted by Crippen LogP contribution is 2.55. The van der Waals surface area contributed by atoms with Gasteiger partial charge in [0.05, 0.1) is 32.4 Å². The standard InChI is InChI=1S/C35H48N2O15/c1-34(2,3)51-23(40)11-10-20(15-38)36-33(45)35-13-21-27-28(48-17-47-27)30(35)52-37(29(35)31(44)49-21)14-19-8-5-4-7-18(19)9-6-12-46-32-26(43)25(42)24(41)22(16-39)50-32/h4-9,20-22,24-30,32,38-39,41-43H,10-17H2,1-3H3,(H,36,45)/t20-,21+,22+,24-,25-,26+,27-,28-,29-,30+,32-,35-/m0/s1. The lowest BCUT2D eigenvalue weighted by Gasteiger charge is -2.49. The third kappa shape index (κ3) is 7.63. The first-order valence-corrected chi connectivity index (χ1v) is 17.4. The Morgan fingerprint density at radius 2 is 1.85 bits per heavy atom. The SMILES string of the molecule is CC(C)(C)OC(=O)CC[C@@H](CO)NC(=O)[C@@]12C[C@H]3OC(=O)[C@@H]1N(Cc1ccccc1C=CCO[C@H]1O[C@H](CO)[C@H](O)[C@H](O)[C@H]1O)O[C@@H]2[C@H]1OCO[C@H]13. The summed E-state index contributed by atoms with van der Waals surface area (Å²) in [6.45, 7) is 4.11. The molecule has 0 radical (unpaired) electrons. The Labute approximate surface area is 300 Å². The van der Waals surface area contributed by atoms with Crippen molar-refractivity contribution in [3.8, 4) is 0 Å². The lowest BCUT2D eigenvalue weighted by Crippen LogP contribution is -2.70. The average molecular weight is 737 g/mol. The zero-order chi connectivity index (χ0) is 37.4. The molecular formula is C35H48N2O15. The summed E-state index contributed by atoms with van der Waals surface area (Å²) in [5.74, 6) is -1.68. The highest BCUT2D eigenvalue weighted by Gasteiger charge is 2.74. The number of ether oxygens (including phenoxy) is 6. The van der Waals surface area contributed by atoms with Gasteiger partial charge in [-0.2, -0.15) is 5.06 Å². The quantitative estimate of drug-likeness (QED) is 0.129. The Morgan fingerprint density at radius 3 is 2.58 bits per heavy atom. The van der Waals surface area contributed by atoms with Crippen LogP contribution in [0.1, 0.15) is 51.2 Å². The largest absolute Gasteiger partial charge is 0.460 e. The van der Waals surface area contributed by atoms with Crippen LogP contribution in [-0.2, 0) is 54.2 Å². The maximum Gasteiger partial charge on any atom is 0.327 e. The predicted octanol–water partition coefficient (Wildman–Crippen LogP) is -1.34. The third-order valence-corrected chi connectivity index (χ3v) is 10.1. The topological polar surface area (TPSA) is 232 Å². The minimum atomic E-state index is -1.57. The molecule has 12 atom stereocenters. The molecule has 0 spiro atoms. The average Bonchev–Trinajstić information content (AvgIpc) is 3.73. The van der Waals surface area contributed by atoms with Crippen LogP contribution >= 0.6 is 0 Å². The van der Waals surface area contributed by atoms with Crippen LogP contribution in [0.3, 0.4) is 0 Å². The van der Waals surface area contributed by atoms with Crippen LogP contribution in [0.2, 0.25) is 0 Å². The molecule has 4 aliphatic heterocycles. The molecule has 4 saturated heterocycles. The van der Waals surface area contributed by atoms with Gasteiger partial charge >= 0.3 is 11.9 Å². The Balaban J connectivity index is 1.18. The Hall–Kier alpha value is -3.07. The van der Waals surface area contributed by atoms with Crippen LogP contribution in [0.4, 0.5) is 0 Å². The van der Waals surface area contributed by atoms with Gasteiger partial charge in [0.25, 0.3) is 0 Å². The van der Waals surface area contributed by atoms with Crippen molar-refractivity contribution in [1.82, 2.24) is 10.4 Å². The molecule has 6 N–H and O–H groups in total. The number of carbonyl (C=O) groups excluding carboxylic acids is 3. The number of esters is 2. The third-order valence-electron chi connectivity index (χ3n) is 10.1. The van der Waals surface area contributed by atoms with Crippen LogP contribution < -0.4 is 5.32 Å². The highest BCUT2D eigenvalue weighted by atomic mass is 16.8. The maximum atomic E-state index is 14.4. The molecule has 52 heavy (non-hydrogen) atoms. The van der Waals surface area contributed by atoms with Crippen molar-refractivity contribution < 1.29 is 73.2 Å². The first-order chi connectivity index (χ1) is 24.8. The van der Waals surface area contributed by atoms with Gasteiger partial charge in [0.15, 0.2) is 12.3 Å². The van der Waals surface area contributed by atoms with E-state index in [2.05, 4.69) is 5.32 Å². The monoisotopic (exact) mass is 736 g/mol. The van der Waals surface area contributed by atoms with Crippen molar-refractivity contribution in [3.63, 3.8) is 0 Å². The number of carbonyl (C=O) groups is 3. The number of amides is 1. The fourth-order valence-electron chi connectivity index (χ4n) is 7.59. The minimum Gasteiger partial charge on any atom is -0.460 e. The normalized spacial score (nSPS) is 36.3. The van der Waals surface area contributed by atoms with Gasteiger partial charge in [-0.15, -0.1) is 0 Å². The summed E-state index contributed by atoms with van der Waals surface area (Å²) >= 11 is 0. The van der Waals surface area contributed by atoms with Crippen LogP contribution in [0.15, 0.2) is 30.3 Å². The summed E-state index contributed by atoms with van der Waals surface area (Å²) in [4.78, 5) is 47.0. The number of nitrogens with one attached hydrogen (secondary N) is 1. The summed E-state index contributed by atoms with van der Waals surface area (Å²) in [5, 5.41) is 54.2. The van der Waals surface area contributed by atoms with E-state index in [-0.39, 0.29) is 39.2 Å². The van der Waals surface area contributed by atoms with Crippen LogP contribution in [0, 0.1) is 5.41 Å². The van der Waals surface area contributed by atoms with Crippen molar-refractivity contribution in [1.29, 1.82) is 0 Å². The number of aliphatic hydroxyl groups is 5. The number of rotatable bonds is 13. The van der Waals surface area contributed by atoms with Gasteiger partial charge in [-0.25, -0.2) is 0 Å². The van der Waals surface area contributed by atoms with Crippen molar-refractivity contribution in [3.05, 3.63) is 41.5 Å². The van der Waals surface area contributed by atoms with Crippen molar-refractivity contribution in [2.75, 3.05) is 26.6 Å². The number of nitrogens with zero attached hydrogens (tertiary/aromatic N) is 1. The number of hydrogen-bond donors (Lipinski definition) is 6. The molecule has 5 fully saturated rings. The lowest BCUT2D eigenvalue weighted by molar-refractivity contribution is -0.298. The van der Waals surface area contributed by atoms with Crippen molar-refractivity contribution >= 4 is 23.9 Å². The molecule has 17 nitrogen and oxygen atoms in total. The van der Waals surface area contributed by atoms with Gasteiger partial charge in [-0.1, -0.05) is 36.4 Å². The summed E-state index contributed by atoms with van der Waals surface area (Å²) in [6.07, 6.45) is -6.57. The van der Waals surface area contributed by atoms with E-state index in [0.29, 0.717) is 11.1 Å². The van der Waals surface area contributed by atoms with E-state index < -0.39 is 109 Å². The molecule has 17 heteroatoms. The second-order valence-corrected chi connectivity index (χ2v) is 14.7. The first-order valence-electron chi connectivity index (χ1n) is 17.4. The second kappa shape index (κ2) is 15.7. The van der Waals surface area contributed by atoms with Crippen LogP contribution in [0.5, 0.6) is 0 Å². The molecule has 288 valence electrons. The van der Waals surface area contributed by atoms with Crippen molar-refractivity contribution in [2.45, 2.75) is 119 Å². The second-order valence-electron chi connectivity index (χ2n) is 14.7. The van der Waals surface area contributed by atoms with Gasteiger partial charge < -0.3 is 59.3 Å². The zero-order valence-corrected chi connectivity index (χ0v) is 29.2. The number of hydroxylamine groups is 2. The molecule has 1 aliphatic carbocycles. The molecular weight excluding hydrogens is 688 g/mol. The molecule has 1 amide bonds. The molecule has 0 aromatic heterocycles. The van der Waals surface area contributed by atoms with E-state index in [1.165, 1.54) is 5.06 Å². The number of aliphatic hydroxyl groups excluding tert-OH is 5. The van der Waals surface area contributed by atoms with E-state index in [9.17, 15) is 39.9 Å². The van der Waals surface area contributed by atoms with E-state index in [0.717, 1.165) is 0 Å². The fraction of sp³-hybridized carbons (Fsp3) is 0.686. The molecule has 6 rings (SSSR count). The molecule has 4 heterocycles. The lowest BCUT2D eigenvalue weighted by atomic mass is 9.62. The van der Waals surface area contributed by atoms with Crippen LogP contribution in [-0.4, -0.2) is 148 Å². The van der Waals surface area contributed by atoms with Gasteiger partial charge in [-0.3, -0.25) is 19.2 Å². The maximum absolute atomic E-state index is 14.4. The van der Waals surface area contributed by atoms with Gasteiger partial charge in [0.2, 0.25) is 5.91 Å². The molecule has 2 bridgehead atoms. The van der Waals surface area contributed by atoms with E-state index in [1.54, 1.807) is 45.1 Å². The van der Waals surface area contributed by atoms with Gasteiger partial charge in [0, 0.05) is 12.8 Å². The zero-order valence-electron chi connectivity index (χ0n) is 29.2. The summed E-state index contributed by atoms with van der Waals surface area (Å²) in [6, 6.07) is 5.26. The van der Waals surface area contributed by atoms with Gasteiger partial charge in [-0.05, 0) is 38.3 Å². The number of fused-ring (bicyclic) bond motifs is 4. The molecule has 1 aromatic rings. The van der Waals surface area contributed by atoms with E-state index in [4.69, 9.17) is 33.3 Å². The number of benzene rings is 1. The Morgan fingerprint density at radius 1 is 1.10 bits per heavy atom. The summed E-state index contributed by atoms with van der Waals surface area (Å²) < 4.78 is 33.9. The summed E-state index contributed by atoms with van der Waals surface area (Å²) in [5.41, 5.74) is -0.747. The fourth-order valence-corrected chi connectivity index (χ4v) is 7.59. The molecule has 1 saturated carbocycles.